The van der Waals surface area contributed by atoms with Crippen LogP contribution in [-0.2, 0) is 4.74 Å². The molecule has 3 saturated carbocycles. The van der Waals surface area contributed by atoms with Crippen molar-refractivity contribution in [2.45, 2.75) is 109 Å². The van der Waals surface area contributed by atoms with Crippen molar-refractivity contribution in [3.63, 3.8) is 0 Å². The molecule has 0 radical (unpaired) electrons. The molecule has 0 bridgehead atoms. The molecular formula is C21H41F5O2. The van der Waals surface area contributed by atoms with E-state index in [4.69, 9.17) is 4.74 Å². The molecule has 3 aliphatic rings. The molecule has 0 saturated heterocycles. The molecule has 0 aromatic heterocycles. The maximum atomic E-state index is 14.5. The molecule has 7 heteroatoms. The van der Waals surface area contributed by atoms with E-state index in [-0.39, 0.29) is 15.8 Å². The van der Waals surface area contributed by atoms with Gasteiger partial charge in [-0.2, -0.15) is 8.78 Å². The van der Waals surface area contributed by atoms with Crippen molar-refractivity contribution < 1.29 is 35.0 Å². The highest BCUT2D eigenvalue weighted by atomic mass is 19.3. The smallest absolute Gasteiger partial charge is 0.358 e. The third kappa shape index (κ3) is 6.04. The fourth-order valence-electron chi connectivity index (χ4n) is 5.18. The molecule has 0 aromatic rings. The van der Waals surface area contributed by atoms with Gasteiger partial charge < -0.3 is 10.2 Å². The van der Waals surface area contributed by atoms with Crippen LogP contribution in [0.4, 0.5) is 22.0 Å². The van der Waals surface area contributed by atoms with Crippen LogP contribution in [0.25, 0.3) is 0 Å². The Balaban J connectivity index is 0. The van der Waals surface area contributed by atoms with Gasteiger partial charge in [-0.25, -0.2) is 13.2 Å². The van der Waals surface area contributed by atoms with Crippen LogP contribution in [0.5, 0.6) is 0 Å². The van der Waals surface area contributed by atoms with E-state index in [1.165, 1.54) is 25.7 Å². The Kier molecular flexibility index (Phi) is 9.65. The lowest BCUT2D eigenvalue weighted by Gasteiger charge is -2.40. The van der Waals surface area contributed by atoms with Crippen molar-refractivity contribution in [2.75, 3.05) is 0 Å². The van der Waals surface area contributed by atoms with Gasteiger partial charge in [0.15, 0.2) is 6.17 Å². The van der Waals surface area contributed by atoms with Gasteiger partial charge in [-0.3, -0.25) is 0 Å². The molecule has 0 aromatic carbocycles. The fourth-order valence-corrected chi connectivity index (χ4v) is 5.18. The lowest BCUT2D eigenvalue weighted by atomic mass is 9.69. The van der Waals surface area contributed by atoms with Gasteiger partial charge in [-0.1, -0.05) is 27.2 Å². The first-order chi connectivity index (χ1) is 12.3. The van der Waals surface area contributed by atoms with Gasteiger partial charge in [0.2, 0.25) is 0 Å². The second kappa shape index (κ2) is 10.6. The van der Waals surface area contributed by atoms with Crippen molar-refractivity contribution in [2.24, 2.45) is 23.7 Å². The van der Waals surface area contributed by atoms with E-state index >= 15 is 0 Å². The number of ether oxygens (including phenoxy) is 1. The van der Waals surface area contributed by atoms with E-state index < -0.39 is 49.5 Å². The topological polar surface area (TPSA) is 40.7 Å². The van der Waals surface area contributed by atoms with Crippen LogP contribution in [0.3, 0.4) is 0 Å². The molecular weight excluding hydrogens is 379 g/mol. The zero-order chi connectivity index (χ0) is 18.9. The SMILES string of the molecule is C.CC1CCC(C2CCC(C(F)(F)OC3CC(F)C(F)C(F)C3)CC2)CC1.O.[HH].[HH]. The average Bonchev–Trinajstić information content (AvgIpc) is 2.60. The van der Waals surface area contributed by atoms with Gasteiger partial charge in [0.1, 0.15) is 12.3 Å². The summed E-state index contributed by atoms with van der Waals surface area (Å²) in [6.07, 6.45) is -4.79. The number of hydrogen-bond acceptors (Lipinski definition) is 1. The monoisotopic (exact) mass is 420 g/mol. The largest absolute Gasteiger partial charge is 0.412 e. The Morgan fingerprint density at radius 2 is 1.21 bits per heavy atom. The normalized spacial score (nSPS) is 42.2. The molecule has 3 fully saturated rings. The van der Waals surface area contributed by atoms with Crippen LogP contribution >= 0.6 is 0 Å². The molecule has 28 heavy (non-hydrogen) atoms. The van der Waals surface area contributed by atoms with Crippen molar-refractivity contribution >= 4 is 0 Å². The summed E-state index contributed by atoms with van der Waals surface area (Å²) in [6.45, 7) is 2.27. The minimum absolute atomic E-state index is 0. The van der Waals surface area contributed by atoms with Crippen molar-refractivity contribution in [1.29, 1.82) is 0 Å². The third-order valence-corrected chi connectivity index (χ3v) is 6.97. The molecule has 0 aliphatic heterocycles. The first-order valence-corrected chi connectivity index (χ1v) is 10.2. The summed E-state index contributed by atoms with van der Waals surface area (Å²) in [6, 6.07) is 0. The van der Waals surface area contributed by atoms with Crippen LogP contribution in [0.2, 0.25) is 0 Å². The second-order valence-corrected chi connectivity index (χ2v) is 8.88. The molecule has 3 rings (SSSR count). The van der Waals surface area contributed by atoms with Crippen molar-refractivity contribution in [3.8, 4) is 0 Å². The first-order valence-electron chi connectivity index (χ1n) is 10.2. The van der Waals surface area contributed by atoms with Gasteiger partial charge >= 0.3 is 6.11 Å². The van der Waals surface area contributed by atoms with E-state index in [1.54, 1.807) is 0 Å². The minimum Gasteiger partial charge on any atom is -0.412 e. The highest BCUT2D eigenvalue weighted by molar-refractivity contribution is 4.89. The molecule has 0 spiro atoms. The maximum absolute atomic E-state index is 14.5. The van der Waals surface area contributed by atoms with Crippen molar-refractivity contribution in [1.82, 2.24) is 0 Å². The molecule has 0 amide bonds. The maximum Gasteiger partial charge on any atom is 0.358 e. The minimum atomic E-state index is -3.39. The van der Waals surface area contributed by atoms with Gasteiger partial charge in [0, 0.05) is 15.7 Å². The van der Waals surface area contributed by atoms with Crippen LogP contribution in [0.15, 0.2) is 0 Å². The second-order valence-electron chi connectivity index (χ2n) is 8.88. The van der Waals surface area contributed by atoms with E-state index in [0.29, 0.717) is 24.7 Å². The zero-order valence-electron chi connectivity index (χ0n) is 16.0. The van der Waals surface area contributed by atoms with Crippen LogP contribution < -0.4 is 0 Å². The Labute approximate surface area is 168 Å². The summed E-state index contributed by atoms with van der Waals surface area (Å²) < 4.78 is 73.9. The van der Waals surface area contributed by atoms with Gasteiger partial charge in [-0.15, -0.1) is 0 Å². The quantitative estimate of drug-likeness (QED) is 0.466. The van der Waals surface area contributed by atoms with Gasteiger partial charge in [0.25, 0.3) is 0 Å². The summed E-state index contributed by atoms with van der Waals surface area (Å²) in [5.41, 5.74) is 0. The predicted octanol–water partition coefficient (Wildman–Crippen LogP) is 6.71. The Hall–Kier alpha value is -0.430. The summed E-state index contributed by atoms with van der Waals surface area (Å²) in [5, 5.41) is 0. The van der Waals surface area contributed by atoms with Gasteiger partial charge in [0.05, 0.1) is 12.0 Å². The van der Waals surface area contributed by atoms with E-state index in [9.17, 15) is 22.0 Å². The zero-order valence-corrected chi connectivity index (χ0v) is 16.0. The highest BCUT2D eigenvalue weighted by Crippen LogP contribution is 2.46. The highest BCUT2D eigenvalue weighted by Gasteiger charge is 2.48. The predicted molar refractivity (Wildman–Crippen MR) is 105 cm³/mol. The lowest BCUT2D eigenvalue weighted by molar-refractivity contribution is -0.306. The Morgan fingerprint density at radius 3 is 1.68 bits per heavy atom. The molecule has 3 aliphatic carbocycles. The molecule has 2 N–H and O–H groups in total. The van der Waals surface area contributed by atoms with Gasteiger partial charge in [-0.05, 0) is 56.3 Å². The number of alkyl halides is 5. The van der Waals surface area contributed by atoms with Crippen LogP contribution in [0.1, 0.15) is 81.4 Å². The lowest BCUT2D eigenvalue weighted by Crippen LogP contribution is -2.45. The van der Waals surface area contributed by atoms with Crippen LogP contribution in [0, 0.1) is 23.7 Å². The van der Waals surface area contributed by atoms with E-state index in [1.807, 2.05) is 0 Å². The Bertz CT molecular complexity index is 447. The number of halogens is 5. The standard InChI is InChI=1S/C20H31F5O.CH4.H2O.2H2/c1-12-2-4-13(5-3-12)14-6-8-15(9-7-14)20(24,25)26-16-10-17(21)19(23)18(22)11-16;;;;/h12-19H,2-11H2,1H3;1H4;1H2;2*1H. The van der Waals surface area contributed by atoms with E-state index in [2.05, 4.69) is 6.92 Å². The average molecular weight is 421 g/mol. The summed E-state index contributed by atoms with van der Waals surface area (Å²) in [4.78, 5) is 0. The molecule has 2 nitrogen and oxygen atoms in total. The summed E-state index contributed by atoms with van der Waals surface area (Å²) >= 11 is 0. The van der Waals surface area contributed by atoms with E-state index in [0.717, 1.165) is 18.8 Å². The molecule has 2 unspecified atom stereocenters. The first kappa shape index (κ1) is 25.6. The summed E-state index contributed by atoms with van der Waals surface area (Å²) in [7, 11) is 0. The molecule has 0 heterocycles. The number of hydrogen-bond donors (Lipinski definition) is 0. The fraction of sp³-hybridized carbons (Fsp3) is 1.00. The van der Waals surface area contributed by atoms with Crippen molar-refractivity contribution in [3.05, 3.63) is 0 Å². The van der Waals surface area contributed by atoms with Crippen LogP contribution in [-0.4, -0.2) is 36.2 Å². The Morgan fingerprint density at radius 1 is 0.786 bits per heavy atom. The molecule has 2 atom stereocenters. The third-order valence-electron chi connectivity index (χ3n) is 6.97. The molecule has 172 valence electrons. The summed E-state index contributed by atoms with van der Waals surface area (Å²) in [5.74, 6) is 1.04. The number of rotatable bonds is 4.